The number of β-amino-alcohol motifs (C(OH)–C–C–N with tert-alkyl or cyclic N) is 2. The Bertz CT molecular complexity index is 180. The Labute approximate surface area is 72.0 Å². The van der Waals surface area contributed by atoms with Crippen molar-refractivity contribution in [2.24, 2.45) is 0 Å². The van der Waals surface area contributed by atoms with E-state index < -0.39 is 12.2 Å². The van der Waals surface area contributed by atoms with Crippen LogP contribution < -0.4 is 0 Å². The third-order valence-corrected chi connectivity index (χ3v) is 2.30. The summed E-state index contributed by atoms with van der Waals surface area (Å²) < 4.78 is 0. The molecule has 68 valence electrons. The molecule has 1 rings (SSSR count). The molecule has 0 aliphatic carbocycles. The van der Waals surface area contributed by atoms with Gasteiger partial charge in [0.15, 0.2) is 0 Å². The molecule has 1 aliphatic rings. The molecule has 0 spiro atoms. The zero-order valence-electron chi connectivity index (χ0n) is 7.14. The van der Waals surface area contributed by atoms with E-state index in [1.807, 2.05) is 11.8 Å². The maximum atomic E-state index is 9.21. The van der Waals surface area contributed by atoms with Gasteiger partial charge in [0.2, 0.25) is 0 Å². The summed E-state index contributed by atoms with van der Waals surface area (Å²) in [7, 11) is 0. The van der Waals surface area contributed by atoms with Crippen molar-refractivity contribution in [3.05, 3.63) is 0 Å². The van der Waals surface area contributed by atoms with Crippen LogP contribution in [0.1, 0.15) is 13.3 Å². The van der Waals surface area contributed by atoms with Crippen LogP contribution in [0.15, 0.2) is 0 Å². The summed E-state index contributed by atoms with van der Waals surface area (Å²) in [4.78, 5) is 1.93. The van der Waals surface area contributed by atoms with E-state index in [9.17, 15) is 10.2 Å². The quantitative estimate of drug-likeness (QED) is 0.576. The van der Waals surface area contributed by atoms with Gasteiger partial charge in [-0.15, -0.1) is 0 Å². The van der Waals surface area contributed by atoms with E-state index in [0.717, 1.165) is 0 Å². The lowest BCUT2D eigenvalue weighted by Crippen LogP contribution is -2.31. The molecular weight excluding hydrogens is 156 g/mol. The van der Waals surface area contributed by atoms with Crippen LogP contribution >= 0.6 is 0 Å². The minimum Gasteiger partial charge on any atom is -0.389 e. The van der Waals surface area contributed by atoms with Gasteiger partial charge in [0.25, 0.3) is 0 Å². The SMILES string of the molecule is CC(CC#N)N1CC(O)C(O)C1. The number of nitrogens with zero attached hydrogens (tertiary/aromatic N) is 2. The highest BCUT2D eigenvalue weighted by molar-refractivity contribution is 4.89. The van der Waals surface area contributed by atoms with Crippen molar-refractivity contribution >= 4 is 0 Å². The van der Waals surface area contributed by atoms with Gasteiger partial charge in [-0.2, -0.15) is 5.26 Å². The van der Waals surface area contributed by atoms with E-state index in [1.54, 1.807) is 0 Å². The van der Waals surface area contributed by atoms with Crippen molar-refractivity contribution < 1.29 is 10.2 Å². The van der Waals surface area contributed by atoms with Crippen molar-refractivity contribution in [1.82, 2.24) is 4.90 Å². The van der Waals surface area contributed by atoms with Crippen LogP contribution in [0, 0.1) is 11.3 Å². The van der Waals surface area contributed by atoms with Gasteiger partial charge in [-0.1, -0.05) is 0 Å². The van der Waals surface area contributed by atoms with E-state index in [4.69, 9.17) is 5.26 Å². The molecule has 2 N–H and O–H groups in total. The highest BCUT2D eigenvalue weighted by Crippen LogP contribution is 2.14. The molecule has 4 heteroatoms. The molecule has 0 aromatic carbocycles. The Balaban J connectivity index is 2.41. The average Bonchev–Trinajstić information content (AvgIpc) is 2.33. The molecule has 0 aromatic rings. The molecule has 0 radical (unpaired) electrons. The lowest BCUT2D eigenvalue weighted by molar-refractivity contribution is 0.0572. The van der Waals surface area contributed by atoms with Crippen LogP contribution in [0.4, 0.5) is 0 Å². The zero-order valence-corrected chi connectivity index (χ0v) is 7.14. The standard InChI is InChI=1S/C8H14N2O2/c1-6(2-3-9)10-4-7(11)8(12)5-10/h6-8,11-12H,2,4-5H2,1H3. The topological polar surface area (TPSA) is 67.5 Å². The lowest BCUT2D eigenvalue weighted by Gasteiger charge is -2.20. The number of hydrogen-bond acceptors (Lipinski definition) is 4. The monoisotopic (exact) mass is 170 g/mol. The first-order chi connectivity index (χ1) is 5.65. The molecule has 0 bridgehead atoms. The van der Waals surface area contributed by atoms with Gasteiger partial charge in [-0.05, 0) is 6.92 Å². The largest absolute Gasteiger partial charge is 0.389 e. The highest BCUT2D eigenvalue weighted by Gasteiger charge is 2.31. The normalized spacial score (nSPS) is 33.2. The highest BCUT2D eigenvalue weighted by atomic mass is 16.3. The number of hydrogen-bond donors (Lipinski definition) is 2. The summed E-state index contributed by atoms with van der Waals surface area (Å²) in [6, 6.07) is 2.20. The molecule has 12 heavy (non-hydrogen) atoms. The summed E-state index contributed by atoms with van der Waals surface area (Å²) in [6.45, 7) is 2.88. The predicted octanol–water partition coefficient (Wildman–Crippen LogP) is -0.674. The minimum absolute atomic E-state index is 0.127. The Morgan fingerprint density at radius 1 is 1.50 bits per heavy atom. The molecule has 3 atom stereocenters. The van der Waals surface area contributed by atoms with Crippen LogP contribution in [0.5, 0.6) is 0 Å². The Kier molecular flexibility index (Phi) is 3.04. The molecule has 0 saturated carbocycles. The first-order valence-corrected chi connectivity index (χ1v) is 4.12. The molecule has 1 saturated heterocycles. The molecule has 0 aromatic heterocycles. The van der Waals surface area contributed by atoms with Crippen LogP contribution in [0.25, 0.3) is 0 Å². The number of rotatable bonds is 2. The van der Waals surface area contributed by atoms with Gasteiger partial charge in [-0.3, -0.25) is 4.90 Å². The van der Waals surface area contributed by atoms with Gasteiger partial charge >= 0.3 is 0 Å². The molecule has 1 fully saturated rings. The average molecular weight is 170 g/mol. The molecule has 4 nitrogen and oxygen atoms in total. The van der Waals surface area contributed by atoms with E-state index in [-0.39, 0.29) is 6.04 Å². The number of aliphatic hydroxyl groups excluding tert-OH is 2. The van der Waals surface area contributed by atoms with Gasteiger partial charge in [0.1, 0.15) is 0 Å². The Morgan fingerprint density at radius 3 is 2.42 bits per heavy atom. The van der Waals surface area contributed by atoms with Gasteiger partial charge < -0.3 is 10.2 Å². The third kappa shape index (κ3) is 1.95. The Hall–Kier alpha value is -0.630. The summed E-state index contributed by atoms with van der Waals surface area (Å²) in [5.74, 6) is 0. The summed E-state index contributed by atoms with van der Waals surface area (Å²) >= 11 is 0. The van der Waals surface area contributed by atoms with Gasteiger partial charge in [0.05, 0.1) is 24.7 Å². The van der Waals surface area contributed by atoms with E-state index in [1.165, 1.54) is 0 Å². The second-order valence-corrected chi connectivity index (χ2v) is 3.30. The van der Waals surface area contributed by atoms with Crippen molar-refractivity contribution in [3.63, 3.8) is 0 Å². The van der Waals surface area contributed by atoms with Crippen LogP contribution in [0.2, 0.25) is 0 Å². The maximum absolute atomic E-state index is 9.21. The fourth-order valence-electron chi connectivity index (χ4n) is 1.42. The van der Waals surface area contributed by atoms with Crippen molar-refractivity contribution in [2.75, 3.05) is 13.1 Å². The first-order valence-electron chi connectivity index (χ1n) is 4.12. The van der Waals surface area contributed by atoms with E-state index in [2.05, 4.69) is 6.07 Å². The summed E-state index contributed by atoms with van der Waals surface area (Å²) in [6.07, 6.45) is -0.850. The molecule has 0 amide bonds. The maximum Gasteiger partial charge on any atom is 0.0938 e. The molecule has 1 aliphatic heterocycles. The van der Waals surface area contributed by atoms with Crippen molar-refractivity contribution in [3.8, 4) is 6.07 Å². The molecule has 3 unspecified atom stereocenters. The first kappa shape index (κ1) is 9.46. The Morgan fingerprint density at radius 2 is 2.00 bits per heavy atom. The second kappa shape index (κ2) is 3.85. The lowest BCUT2D eigenvalue weighted by atomic mass is 10.2. The number of nitriles is 1. The number of aliphatic hydroxyl groups is 2. The third-order valence-electron chi connectivity index (χ3n) is 2.30. The fourth-order valence-corrected chi connectivity index (χ4v) is 1.42. The number of likely N-dealkylation sites (tertiary alicyclic amines) is 1. The van der Waals surface area contributed by atoms with E-state index in [0.29, 0.717) is 19.5 Å². The van der Waals surface area contributed by atoms with Crippen molar-refractivity contribution in [2.45, 2.75) is 31.6 Å². The fraction of sp³-hybridized carbons (Fsp3) is 0.875. The van der Waals surface area contributed by atoms with Gasteiger partial charge in [-0.25, -0.2) is 0 Å². The van der Waals surface area contributed by atoms with Crippen LogP contribution in [0.3, 0.4) is 0 Å². The summed E-state index contributed by atoms with van der Waals surface area (Å²) in [5.41, 5.74) is 0. The zero-order chi connectivity index (χ0) is 9.14. The van der Waals surface area contributed by atoms with Crippen molar-refractivity contribution in [1.29, 1.82) is 5.26 Å². The predicted molar refractivity (Wildman–Crippen MR) is 43.3 cm³/mol. The van der Waals surface area contributed by atoms with Crippen LogP contribution in [-0.2, 0) is 0 Å². The second-order valence-electron chi connectivity index (χ2n) is 3.30. The minimum atomic E-state index is -0.647. The smallest absolute Gasteiger partial charge is 0.0938 e. The molecular formula is C8H14N2O2. The summed E-state index contributed by atoms with van der Waals surface area (Å²) in [5, 5.41) is 26.8. The van der Waals surface area contributed by atoms with Gasteiger partial charge in [0, 0.05) is 19.1 Å². The van der Waals surface area contributed by atoms with E-state index >= 15 is 0 Å². The molecule has 1 heterocycles. The van der Waals surface area contributed by atoms with Crippen LogP contribution in [-0.4, -0.2) is 46.5 Å².